The number of rotatable bonds is 5. The quantitative estimate of drug-likeness (QED) is 0.887. The van der Waals surface area contributed by atoms with Gasteiger partial charge in [0.2, 0.25) is 0 Å². The predicted octanol–water partition coefficient (Wildman–Crippen LogP) is 2.57. The second-order valence-corrected chi connectivity index (χ2v) is 4.38. The van der Waals surface area contributed by atoms with E-state index in [4.69, 9.17) is 0 Å². The first-order valence-corrected chi connectivity index (χ1v) is 6.38. The Morgan fingerprint density at radius 3 is 2.71 bits per heavy atom. The number of benzene rings is 1. The van der Waals surface area contributed by atoms with Crippen LogP contribution in [0.25, 0.3) is 0 Å². The third-order valence-electron chi connectivity index (χ3n) is 2.54. The van der Waals surface area contributed by atoms with Crippen LogP contribution in [0.2, 0.25) is 0 Å². The fourth-order valence-corrected chi connectivity index (χ4v) is 2.22. The second-order valence-electron chi connectivity index (χ2n) is 3.77. The molecule has 2 rings (SSSR count). The van der Waals surface area contributed by atoms with Crippen LogP contribution in [0.5, 0.6) is 0 Å². The molecular formula is C12H14FN3S. The fourth-order valence-electron chi connectivity index (χ4n) is 1.71. The summed E-state index contributed by atoms with van der Waals surface area (Å²) in [4.78, 5) is 0. The van der Waals surface area contributed by atoms with E-state index in [0.29, 0.717) is 0 Å². The highest BCUT2D eigenvalue weighted by atomic mass is 32.1. The average Bonchev–Trinajstić information content (AvgIpc) is 2.85. The fraction of sp³-hybridized carbons (Fsp3) is 0.333. The minimum absolute atomic E-state index is 0.143. The van der Waals surface area contributed by atoms with Crippen molar-refractivity contribution in [1.82, 2.24) is 14.9 Å². The van der Waals surface area contributed by atoms with E-state index >= 15 is 0 Å². The van der Waals surface area contributed by atoms with Crippen LogP contribution in [0.1, 0.15) is 24.2 Å². The van der Waals surface area contributed by atoms with Gasteiger partial charge in [-0.2, -0.15) is 0 Å². The smallest absolute Gasteiger partial charge is 0.123 e. The molecule has 3 nitrogen and oxygen atoms in total. The molecule has 0 aliphatic heterocycles. The standard InChI is InChI=1S/C12H14FN3S/c1-2-14-11(12-8-17-16-15-12)7-9-3-5-10(13)6-4-9/h3-6,8,11,14H,2,7H2,1H3. The maximum Gasteiger partial charge on any atom is 0.123 e. The molecule has 2 aromatic rings. The highest BCUT2D eigenvalue weighted by Crippen LogP contribution is 2.17. The SMILES string of the molecule is CCNC(Cc1ccc(F)cc1)c1csnn1. The van der Waals surface area contributed by atoms with Gasteiger partial charge in [0, 0.05) is 5.38 Å². The monoisotopic (exact) mass is 251 g/mol. The Kier molecular flexibility index (Phi) is 4.17. The zero-order valence-electron chi connectivity index (χ0n) is 9.56. The second kappa shape index (κ2) is 5.84. The van der Waals surface area contributed by atoms with Crippen molar-refractivity contribution in [3.05, 3.63) is 46.7 Å². The summed E-state index contributed by atoms with van der Waals surface area (Å²) in [5.74, 6) is -0.205. The van der Waals surface area contributed by atoms with Crippen molar-refractivity contribution in [2.75, 3.05) is 6.54 Å². The summed E-state index contributed by atoms with van der Waals surface area (Å²) in [6.45, 7) is 2.92. The first-order valence-electron chi connectivity index (χ1n) is 5.54. The van der Waals surface area contributed by atoms with Crippen LogP contribution >= 0.6 is 11.5 Å². The van der Waals surface area contributed by atoms with E-state index in [2.05, 4.69) is 21.8 Å². The van der Waals surface area contributed by atoms with Crippen LogP contribution in [-0.4, -0.2) is 16.1 Å². The Bertz CT molecular complexity index is 441. The lowest BCUT2D eigenvalue weighted by Gasteiger charge is -2.15. The molecule has 0 saturated carbocycles. The maximum absolute atomic E-state index is 12.8. The molecular weight excluding hydrogens is 237 g/mol. The first-order chi connectivity index (χ1) is 8.29. The van der Waals surface area contributed by atoms with Crippen LogP contribution in [0.3, 0.4) is 0 Å². The van der Waals surface area contributed by atoms with Crippen molar-refractivity contribution in [3.8, 4) is 0 Å². The number of halogens is 1. The van der Waals surface area contributed by atoms with Gasteiger partial charge in [-0.3, -0.25) is 0 Å². The Balaban J connectivity index is 2.10. The number of hydrogen-bond acceptors (Lipinski definition) is 4. The average molecular weight is 251 g/mol. The summed E-state index contributed by atoms with van der Waals surface area (Å²) >= 11 is 1.35. The van der Waals surface area contributed by atoms with Gasteiger partial charge in [0.1, 0.15) is 5.82 Å². The van der Waals surface area contributed by atoms with Gasteiger partial charge in [-0.25, -0.2) is 4.39 Å². The van der Waals surface area contributed by atoms with Crippen molar-refractivity contribution in [1.29, 1.82) is 0 Å². The Morgan fingerprint density at radius 2 is 2.12 bits per heavy atom. The molecule has 0 bridgehead atoms. The molecule has 1 aromatic carbocycles. The molecule has 1 unspecified atom stereocenters. The largest absolute Gasteiger partial charge is 0.309 e. The Morgan fingerprint density at radius 1 is 1.35 bits per heavy atom. The van der Waals surface area contributed by atoms with Gasteiger partial charge in [0.05, 0.1) is 11.7 Å². The Labute approximate surface area is 104 Å². The zero-order valence-corrected chi connectivity index (χ0v) is 10.4. The van der Waals surface area contributed by atoms with Gasteiger partial charge in [-0.1, -0.05) is 23.5 Å². The van der Waals surface area contributed by atoms with Crippen LogP contribution < -0.4 is 5.32 Å². The maximum atomic E-state index is 12.8. The van der Waals surface area contributed by atoms with Crippen LogP contribution in [0.4, 0.5) is 4.39 Å². The van der Waals surface area contributed by atoms with Crippen molar-refractivity contribution in [2.24, 2.45) is 0 Å². The van der Waals surface area contributed by atoms with Gasteiger partial charge in [-0.15, -0.1) is 5.10 Å². The van der Waals surface area contributed by atoms with Crippen molar-refractivity contribution in [3.63, 3.8) is 0 Å². The summed E-state index contributed by atoms with van der Waals surface area (Å²) < 4.78 is 16.7. The predicted molar refractivity (Wildman–Crippen MR) is 66.4 cm³/mol. The summed E-state index contributed by atoms with van der Waals surface area (Å²) in [5, 5.41) is 9.38. The van der Waals surface area contributed by atoms with Crippen LogP contribution in [0.15, 0.2) is 29.6 Å². The van der Waals surface area contributed by atoms with Gasteiger partial charge in [0.15, 0.2) is 0 Å². The Hall–Kier alpha value is -1.33. The number of hydrogen-bond donors (Lipinski definition) is 1. The highest BCUT2D eigenvalue weighted by molar-refractivity contribution is 7.03. The molecule has 0 aliphatic carbocycles. The molecule has 0 saturated heterocycles. The summed E-state index contributed by atoms with van der Waals surface area (Å²) in [7, 11) is 0. The van der Waals surface area contributed by atoms with Gasteiger partial charge < -0.3 is 5.32 Å². The minimum Gasteiger partial charge on any atom is -0.309 e. The molecule has 0 radical (unpaired) electrons. The molecule has 1 N–H and O–H groups in total. The van der Waals surface area contributed by atoms with Crippen LogP contribution in [0, 0.1) is 5.82 Å². The van der Waals surface area contributed by atoms with Gasteiger partial charge in [-0.05, 0) is 42.2 Å². The molecule has 17 heavy (non-hydrogen) atoms. The van der Waals surface area contributed by atoms with E-state index in [1.165, 1.54) is 23.7 Å². The van der Waals surface area contributed by atoms with E-state index in [9.17, 15) is 4.39 Å². The van der Waals surface area contributed by atoms with Gasteiger partial charge in [0.25, 0.3) is 0 Å². The molecule has 1 heterocycles. The van der Waals surface area contributed by atoms with Crippen molar-refractivity contribution >= 4 is 11.5 Å². The lowest BCUT2D eigenvalue weighted by Crippen LogP contribution is -2.23. The van der Waals surface area contributed by atoms with E-state index in [0.717, 1.165) is 24.2 Å². The normalized spacial score (nSPS) is 12.6. The molecule has 5 heteroatoms. The number of nitrogens with zero attached hydrogens (tertiary/aromatic N) is 2. The molecule has 0 aliphatic rings. The minimum atomic E-state index is -0.205. The molecule has 1 aromatic heterocycles. The van der Waals surface area contributed by atoms with Gasteiger partial charge >= 0.3 is 0 Å². The van der Waals surface area contributed by atoms with Crippen molar-refractivity contribution in [2.45, 2.75) is 19.4 Å². The summed E-state index contributed by atoms with van der Waals surface area (Å²) in [5.41, 5.74) is 2.03. The molecule has 0 amide bonds. The molecule has 0 spiro atoms. The number of likely N-dealkylation sites (N-methyl/N-ethyl adjacent to an activating group) is 1. The third-order valence-corrected chi connectivity index (χ3v) is 3.06. The first kappa shape index (κ1) is 12.1. The van der Waals surface area contributed by atoms with E-state index in [1.807, 2.05) is 5.38 Å². The number of aromatic nitrogens is 2. The van der Waals surface area contributed by atoms with E-state index in [-0.39, 0.29) is 11.9 Å². The molecule has 1 atom stereocenters. The number of nitrogens with one attached hydrogen (secondary N) is 1. The van der Waals surface area contributed by atoms with Crippen LogP contribution in [-0.2, 0) is 6.42 Å². The summed E-state index contributed by atoms with van der Waals surface area (Å²) in [6.07, 6.45) is 0.791. The molecule has 90 valence electrons. The zero-order chi connectivity index (χ0) is 12.1. The topological polar surface area (TPSA) is 37.8 Å². The highest BCUT2D eigenvalue weighted by Gasteiger charge is 2.13. The van der Waals surface area contributed by atoms with Crippen molar-refractivity contribution < 1.29 is 4.39 Å². The third kappa shape index (κ3) is 3.31. The lowest BCUT2D eigenvalue weighted by atomic mass is 10.0. The lowest BCUT2D eigenvalue weighted by molar-refractivity contribution is 0.534. The summed E-state index contributed by atoms with van der Waals surface area (Å²) in [6, 6.07) is 6.72. The van der Waals surface area contributed by atoms with E-state index in [1.54, 1.807) is 12.1 Å². The molecule has 0 fully saturated rings. The van der Waals surface area contributed by atoms with E-state index < -0.39 is 0 Å².